The van der Waals surface area contributed by atoms with Gasteiger partial charge in [-0.3, -0.25) is 4.90 Å². The van der Waals surface area contributed by atoms with E-state index >= 15 is 0 Å². The van der Waals surface area contributed by atoms with Gasteiger partial charge in [0.25, 0.3) is 0 Å². The molecule has 2 aromatic rings. The SMILES string of the molecule is Cc1c(C)n(C2CCN3CCCCC23)c2ncnc(N)c12. The number of nitrogen functional groups attached to an aromatic ring is 1. The molecule has 2 atom stereocenters. The van der Waals surface area contributed by atoms with Crippen LogP contribution in [-0.2, 0) is 0 Å². The Morgan fingerprint density at radius 1 is 1.10 bits per heavy atom. The van der Waals surface area contributed by atoms with E-state index in [0.717, 1.165) is 11.0 Å². The predicted molar refractivity (Wildman–Crippen MR) is 84.3 cm³/mol. The molecule has 0 amide bonds. The molecule has 5 heteroatoms. The predicted octanol–water partition coefficient (Wildman–Crippen LogP) is 2.43. The number of nitrogens with two attached hydrogens (primary N) is 1. The van der Waals surface area contributed by atoms with Crippen molar-refractivity contribution in [1.82, 2.24) is 19.4 Å². The van der Waals surface area contributed by atoms with E-state index in [1.807, 2.05) is 0 Å². The molecule has 2 saturated heterocycles. The summed E-state index contributed by atoms with van der Waals surface area (Å²) in [6.45, 7) is 6.81. The fraction of sp³-hybridized carbons (Fsp3) is 0.625. The summed E-state index contributed by atoms with van der Waals surface area (Å²) in [4.78, 5) is 11.4. The van der Waals surface area contributed by atoms with Crippen LogP contribution in [0.25, 0.3) is 11.0 Å². The average Bonchev–Trinajstić information content (AvgIpc) is 3.01. The number of nitrogens with zero attached hydrogens (tertiary/aromatic N) is 4. The van der Waals surface area contributed by atoms with Crippen LogP contribution in [0.3, 0.4) is 0 Å². The Hall–Kier alpha value is -1.62. The minimum absolute atomic E-state index is 0.538. The third kappa shape index (κ3) is 1.80. The molecule has 4 rings (SSSR count). The van der Waals surface area contributed by atoms with Crippen molar-refractivity contribution in [3.8, 4) is 0 Å². The first-order chi connectivity index (χ1) is 10.2. The summed E-state index contributed by atoms with van der Waals surface area (Å²) >= 11 is 0. The molecule has 2 fully saturated rings. The molecule has 2 aliphatic rings. The lowest BCUT2D eigenvalue weighted by atomic mass is 9.98. The number of fused-ring (bicyclic) bond motifs is 2. The summed E-state index contributed by atoms with van der Waals surface area (Å²) in [6.07, 6.45) is 6.83. The minimum Gasteiger partial charge on any atom is -0.383 e. The number of anilines is 1. The Balaban J connectivity index is 1.87. The molecule has 0 saturated carbocycles. The highest BCUT2D eigenvalue weighted by atomic mass is 15.3. The molecule has 0 radical (unpaired) electrons. The van der Waals surface area contributed by atoms with Crippen LogP contribution in [0.4, 0.5) is 5.82 Å². The third-order valence-electron chi connectivity index (χ3n) is 5.52. The summed E-state index contributed by atoms with van der Waals surface area (Å²) in [5, 5.41) is 1.05. The molecule has 2 N–H and O–H groups in total. The molecule has 21 heavy (non-hydrogen) atoms. The first-order valence-electron chi connectivity index (χ1n) is 8.00. The highest BCUT2D eigenvalue weighted by Crippen LogP contribution is 2.39. The quantitative estimate of drug-likeness (QED) is 0.874. The molecular formula is C16H23N5. The van der Waals surface area contributed by atoms with E-state index < -0.39 is 0 Å². The highest BCUT2D eigenvalue weighted by Gasteiger charge is 2.38. The summed E-state index contributed by atoms with van der Waals surface area (Å²) in [5.74, 6) is 0.609. The molecule has 2 aromatic heterocycles. The van der Waals surface area contributed by atoms with Crippen LogP contribution in [0, 0.1) is 13.8 Å². The number of aryl methyl sites for hydroxylation is 1. The molecule has 4 heterocycles. The smallest absolute Gasteiger partial charge is 0.146 e. The topological polar surface area (TPSA) is 60.0 Å². The van der Waals surface area contributed by atoms with Crippen molar-refractivity contribution in [3.63, 3.8) is 0 Å². The number of rotatable bonds is 1. The summed E-state index contributed by atoms with van der Waals surface area (Å²) in [5.41, 5.74) is 9.65. The summed E-state index contributed by atoms with van der Waals surface area (Å²) < 4.78 is 2.44. The van der Waals surface area contributed by atoms with Crippen molar-refractivity contribution in [2.75, 3.05) is 18.8 Å². The van der Waals surface area contributed by atoms with Crippen molar-refractivity contribution >= 4 is 16.9 Å². The van der Waals surface area contributed by atoms with Crippen LogP contribution < -0.4 is 5.73 Å². The molecule has 5 nitrogen and oxygen atoms in total. The fourth-order valence-electron chi connectivity index (χ4n) is 4.38. The second-order valence-corrected chi connectivity index (χ2v) is 6.49. The standard InChI is InChI=1S/C16H23N5/c1-10-11(2)21(16-14(10)15(17)18-9-19-16)13-6-8-20-7-4-3-5-12(13)20/h9,12-13H,3-8H2,1-2H3,(H2,17,18,19). The van der Waals surface area contributed by atoms with Crippen LogP contribution in [0.15, 0.2) is 6.33 Å². The van der Waals surface area contributed by atoms with Crippen molar-refractivity contribution < 1.29 is 0 Å². The molecule has 2 aliphatic heterocycles. The van der Waals surface area contributed by atoms with Gasteiger partial charge in [-0.1, -0.05) is 6.42 Å². The zero-order chi connectivity index (χ0) is 14.6. The molecule has 2 unspecified atom stereocenters. The molecule has 0 spiro atoms. The maximum absolute atomic E-state index is 6.09. The Morgan fingerprint density at radius 2 is 1.95 bits per heavy atom. The van der Waals surface area contributed by atoms with Gasteiger partial charge in [0.15, 0.2) is 0 Å². The highest BCUT2D eigenvalue weighted by molar-refractivity contribution is 5.90. The largest absolute Gasteiger partial charge is 0.383 e. The summed E-state index contributed by atoms with van der Waals surface area (Å²) in [6, 6.07) is 1.21. The van der Waals surface area contributed by atoms with Gasteiger partial charge in [-0.2, -0.15) is 0 Å². The summed E-state index contributed by atoms with van der Waals surface area (Å²) in [7, 11) is 0. The van der Waals surface area contributed by atoms with Gasteiger partial charge in [0, 0.05) is 18.3 Å². The van der Waals surface area contributed by atoms with E-state index in [1.54, 1.807) is 6.33 Å². The maximum atomic E-state index is 6.09. The van der Waals surface area contributed by atoms with Crippen LogP contribution in [-0.4, -0.2) is 38.6 Å². The zero-order valence-electron chi connectivity index (χ0n) is 12.8. The number of aromatic nitrogens is 3. The number of hydrogen-bond acceptors (Lipinski definition) is 4. The van der Waals surface area contributed by atoms with Gasteiger partial charge in [0.1, 0.15) is 17.8 Å². The Bertz CT molecular complexity index is 690. The maximum Gasteiger partial charge on any atom is 0.146 e. The van der Waals surface area contributed by atoms with Crippen LogP contribution in [0.1, 0.15) is 43.0 Å². The van der Waals surface area contributed by atoms with Crippen LogP contribution in [0.2, 0.25) is 0 Å². The molecule has 0 aromatic carbocycles. The lowest BCUT2D eigenvalue weighted by Crippen LogP contribution is -2.37. The van der Waals surface area contributed by atoms with Crippen LogP contribution in [0.5, 0.6) is 0 Å². The van der Waals surface area contributed by atoms with Gasteiger partial charge in [0.05, 0.1) is 11.4 Å². The van der Waals surface area contributed by atoms with Gasteiger partial charge < -0.3 is 10.3 Å². The Labute approximate surface area is 125 Å². The third-order valence-corrected chi connectivity index (χ3v) is 5.52. The normalized spacial score (nSPS) is 26.4. The monoisotopic (exact) mass is 285 g/mol. The number of hydrogen-bond donors (Lipinski definition) is 1. The second kappa shape index (κ2) is 4.70. The van der Waals surface area contributed by atoms with E-state index in [1.165, 1.54) is 50.0 Å². The van der Waals surface area contributed by atoms with Gasteiger partial charge >= 0.3 is 0 Å². The molecule has 0 bridgehead atoms. The van der Waals surface area contributed by atoms with E-state index in [2.05, 4.69) is 33.3 Å². The first-order valence-corrected chi connectivity index (χ1v) is 8.00. The van der Waals surface area contributed by atoms with Gasteiger partial charge in [-0.05, 0) is 45.2 Å². The lowest BCUT2D eigenvalue weighted by molar-refractivity contribution is 0.174. The van der Waals surface area contributed by atoms with E-state index in [0.29, 0.717) is 17.9 Å². The average molecular weight is 285 g/mol. The first kappa shape index (κ1) is 13.1. The van der Waals surface area contributed by atoms with E-state index in [4.69, 9.17) is 5.73 Å². The number of piperidine rings is 1. The van der Waals surface area contributed by atoms with Crippen molar-refractivity contribution in [1.29, 1.82) is 0 Å². The van der Waals surface area contributed by atoms with Crippen molar-refractivity contribution in [3.05, 3.63) is 17.6 Å². The van der Waals surface area contributed by atoms with E-state index in [-0.39, 0.29) is 0 Å². The molecule has 112 valence electrons. The zero-order valence-corrected chi connectivity index (χ0v) is 12.8. The Morgan fingerprint density at radius 3 is 2.81 bits per heavy atom. The van der Waals surface area contributed by atoms with E-state index in [9.17, 15) is 0 Å². The second-order valence-electron chi connectivity index (χ2n) is 6.49. The van der Waals surface area contributed by atoms with Gasteiger partial charge in [0.2, 0.25) is 0 Å². The van der Waals surface area contributed by atoms with Gasteiger partial charge in [-0.25, -0.2) is 9.97 Å². The lowest BCUT2D eigenvalue weighted by Gasteiger charge is -2.33. The fourth-order valence-corrected chi connectivity index (χ4v) is 4.38. The molecular weight excluding hydrogens is 262 g/mol. The Kier molecular flexibility index (Phi) is 2.92. The minimum atomic E-state index is 0.538. The van der Waals surface area contributed by atoms with Crippen LogP contribution >= 0.6 is 0 Å². The van der Waals surface area contributed by atoms with Crippen molar-refractivity contribution in [2.45, 2.75) is 51.6 Å². The molecule has 0 aliphatic carbocycles. The van der Waals surface area contributed by atoms with Crippen molar-refractivity contribution in [2.24, 2.45) is 0 Å². The van der Waals surface area contributed by atoms with Gasteiger partial charge in [-0.15, -0.1) is 0 Å².